The van der Waals surface area contributed by atoms with E-state index in [1.54, 1.807) is 6.92 Å². The molecule has 1 fully saturated rings. The maximum Gasteiger partial charge on any atom is 0.304 e. The van der Waals surface area contributed by atoms with Crippen molar-refractivity contribution in [1.29, 1.82) is 0 Å². The Labute approximate surface area is 88.9 Å². The van der Waals surface area contributed by atoms with Crippen molar-refractivity contribution in [3.05, 3.63) is 0 Å². The zero-order valence-corrected chi connectivity index (χ0v) is 9.37. The summed E-state index contributed by atoms with van der Waals surface area (Å²) < 4.78 is 29.8. The Kier molecular flexibility index (Phi) is 4.06. The van der Waals surface area contributed by atoms with E-state index in [0.29, 0.717) is 19.8 Å². The predicted molar refractivity (Wildman–Crippen MR) is 53.0 cm³/mol. The largest absolute Gasteiger partial charge is 0.481 e. The summed E-state index contributed by atoms with van der Waals surface area (Å²) in [5.41, 5.74) is 0. The molecule has 1 atom stereocenters. The van der Waals surface area contributed by atoms with Gasteiger partial charge in [0.25, 0.3) is 0 Å². The number of aliphatic carboxylic acids is 1. The molecule has 0 amide bonds. The molecule has 0 spiro atoms. The molecule has 0 radical (unpaired) electrons. The van der Waals surface area contributed by atoms with Crippen molar-refractivity contribution >= 4 is 16.0 Å². The van der Waals surface area contributed by atoms with Gasteiger partial charge in [-0.25, -0.2) is 8.42 Å². The van der Waals surface area contributed by atoms with Crippen LogP contribution in [-0.2, 0) is 19.6 Å². The molecule has 0 bridgehead atoms. The van der Waals surface area contributed by atoms with Gasteiger partial charge >= 0.3 is 5.97 Å². The molecule has 15 heavy (non-hydrogen) atoms. The first kappa shape index (κ1) is 12.4. The second-order valence-electron chi connectivity index (χ2n) is 3.49. The van der Waals surface area contributed by atoms with Crippen molar-refractivity contribution in [2.45, 2.75) is 19.4 Å². The lowest BCUT2D eigenvalue weighted by molar-refractivity contribution is -0.136. The number of hydrogen-bond donors (Lipinski definition) is 1. The Morgan fingerprint density at radius 2 is 2.27 bits per heavy atom. The quantitative estimate of drug-likeness (QED) is 0.713. The SMILES string of the molecule is C[C@@H]1COCCN1S(=O)(=O)CCC(=O)O. The number of carboxylic acids is 1. The van der Waals surface area contributed by atoms with Gasteiger partial charge in [0, 0.05) is 12.6 Å². The van der Waals surface area contributed by atoms with E-state index in [0.717, 1.165) is 0 Å². The summed E-state index contributed by atoms with van der Waals surface area (Å²) in [6.07, 6.45) is -0.355. The van der Waals surface area contributed by atoms with Gasteiger partial charge in [-0.15, -0.1) is 0 Å². The molecule has 1 aliphatic heterocycles. The molecule has 1 rings (SSSR count). The molecule has 6 nitrogen and oxygen atoms in total. The predicted octanol–water partition coefficient (Wildman–Crippen LogP) is -0.488. The highest BCUT2D eigenvalue weighted by atomic mass is 32.2. The van der Waals surface area contributed by atoms with Gasteiger partial charge in [0.2, 0.25) is 10.0 Å². The number of morpholine rings is 1. The maximum absolute atomic E-state index is 11.7. The van der Waals surface area contributed by atoms with Crippen LogP contribution in [0.2, 0.25) is 0 Å². The summed E-state index contributed by atoms with van der Waals surface area (Å²) in [5, 5.41) is 8.43. The van der Waals surface area contributed by atoms with Gasteiger partial charge in [-0.1, -0.05) is 0 Å². The van der Waals surface area contributed by atoms with E-state index >= 15 is 0 Å². The highest BCUT2D eigenvalue weighted by Crippen LogP contribution is 2.13. The molecule has 7 heteroatoms. The van der Waals surface area contributed by atoms with Crippen molar-refractivity contribution in [3.8, 4) is 0 Å². The molecule has 0 aromatic carbocycles. The van der Waals surface area contributed by atoms with E-state index in [-0.39, 0.29) is 18.2 Å². The topological polar surface area (TPSA) is 83.9 Å². The fourth-order valence-electron chi connectivity index (χ4n) is 1.46. The minimum Gasteiger partial charge on any atom is -0.481 e. The molecule has 0 saturated carbocycles. The number of carbonyl (C=O) groups is 1. The molecule has 0 aromatic rings. The number of sulfonamides is 1. The van der Waals surface area contributed by atoms with Gasteiger partial charge in [-0.2, -0.15) is 4.31 Å². The smallest absolute Gasteiger partial charge is 0.304 e. The molecule has 0 unspecified atom stereocenters. The van der Waals surface area contributed by atoms with Crippen LogP contribution in [0.1, 0.15) is 13.3 Å². The van der Waals surface area contributed by atoms with E-state index in [9.17, 15) is 13.2 Å². The van der Waals surface area contributed by atoms with Crippen LogP contribution in [0.4, 0.5) is 0 Å². The van der Waals surface area contributed by atoms with E-state index < -0.39 is 16.0 Å². The van der Waals surface area contributed by atoms with E-state index in [1.807, 2.05) is 0 Å². The molecule has 0 aliphatic carbocycles. The number of nitrogens with zero attached hydrogens (tertiary/aromatic N) is 1. The highest BCUT2D eigenvalue weighted by molar-refractivity contribution is 7.89. The summed E-state index contributed by atoms with van der Waals surface area (Å²) in [6.45, 7) is 2.80. The Morgan fingerprint density at radius 3 is 2.80 bits per heavy atom. The van der Waals surface area contributed by atoms with Crippen LogP contribution in [-0.4, -0.2) is 55.4 Å². The van der Waals surface area contributed by atoms with Gasteiger partial charge in [0.1, 0.15) is 0 Å². The normalized spacial score (nSPS) is 23.9. The third-order valence-corrected chi connectivity index (χ3v) is 4.21. The second kappa shape index (κ2) is 4.91. The van der Waals surface area contributed by atoms with E-state index in [1.165, 1.54) is 4.31 Å². The standard InChI is InChI=1S/C8H15NO5S/c1-7-6-14-4-3-9(7)15(12,13)5-2-8(10)11/h7H,2-6H2,1H3,(H,10,11)/t7-/m1/s1. The number of carboxylic acid groups (broad SMARTS) is 1. The Bertz CT molecular complexity index is 326. The second-order valence-corrected chi connectivity index (χ2v) is 5.54. The van der Waals surface area contributed by atoms with Gasteiger partial charge in [-0.3, -0.25) is 4.79 Å². The van der Waals surface area contributed by atoms with E-state index in [2.05, 4.69) is 0 Å². The molecular weight excluding hydrogens is 222 g/mol. The number of rotatable bonds is 4. The average Bonchev–Trinajstić information content (AvgIpc) is 2.15. The van der Waals surface area contributed by atoms with Crippen molar-refractivity contribution in [2.75, 3.05) is 25.5 Å². The zero-order chi connectivity index (χ0) is 11.5. The maximum atomic E-state index is 11.7. The Hall–Kier alpha value is -0.660. The lowest BCUT2D eigenvalue weighted by Crippen LogP contribution is -2.48. The van der Waals surface area contributed by atoms with Crippen molar-refractivity contribution in [3.63, 3.8) is 0 Å². The summed E-state index contributed by atoms with van der Waals surface area (Å²) in [7, 11) is -3.46. The van der Waals surface area contributed by atoms with Crippen LogP contribution < -0.4 is 0 Å². The molecule has 1 saturated heterocycles. The summed E-state index contributed by atoms with van der Waals surface area (Å²) in [4.78, 5) is 10.3. The Morgan fingerprint density at radius 1 is 1.60 bits per heavy atom. The van der Waals surface area contributed by atoms with Gasteiger partial charge in [0.05, 0.1) is 25.4 Å². The first-order valence-corrected chi connectivity index (χ1v) is 6.33. The third-order valence-electron chi connectivity index (χ3n) is 2.24. The molecule has 1 N–H and O–H groups in total. The van der Waals surface area contributed by atoms with Crippen LogP contribution in [0.25, 0.3) is 0 Å². The lowest BCUT2D eigenvalue weighted by Gasteiger charge is -2.32. The van der Waals surface area contributed by atoms with Crippen LogP contribution in [0.5, 0.6) is 0 Å². The van der Waals surface area contributed by atoms with Crippen molar-refractivity contribution in [2.24, 2.45) is 0 Å². The van der Waals surface area contributed by atoms with Crippen molar-refractivity contribution < 1.29 is 23.1 Å². The fraction of sp³-hybridized carbons (Fsp3) is 0.875. The molecule has 1 aliphatic rings. The van der Waals surface area contributed by atoms with Gasteiger partial charge < -0.3 is 9.84 Å². The third kappa shape index (κ3) is 3.44. The molecule has 0 aromatic heterocycles. The fourth-order valence-corrected chi connectivity index (χ4v) is 3.09. The summed E-state index contributed by atoms with van der Waals surface area (Å²) in [6, 6.07) is -0.211. The van der Waals surface area contributed by atoms with Gasteiger partial charge in [-0.05, 0) is 6.92 Å². The van der Waals surface area contributed by atoms with Crippen LogP contribution in [0.15, 0.2) is 0 Å². The van der Waals surface area contributed by atoms with E-state index in [4.69, 9.17) is 9.84 Å². The minimum absolute atomic E-state index is 0.211. The first-order chi connectivity index (χ1) is 6.93. The van der Waals surface area contributed by atoms with Crippen LogP contribution in [0, 0.1) is 0 Å². The molecular formula is C8H15NO5S. The Balaban J connectivity index is 2.63. The number of ether oxygens (including phenoxy) is 1. The summed E-state index contributed by atoms with van der Waals surface area (Å²) in [5.74, 6) is -1.44. The van der Waals surface area contributed by atoms with Gasteiger partial charge in [0.15, 0.2) is 0 Å². The lowest BCUT2D eigenvalue weighted by atomic mass is 10.3. The van der Waals surface area contributed by atoms with Crippen LogP contribution >= 0.6 is 0 Å². The highest BCUT2D eigenvalue weighted by Gasteiger charge is 2.30. The first-order valence-electron chi connectivity index (χ1n) is 4.72. The monoisotopic (exact) mass is 237 g/mol. The summed E-state index contributed by atoms with van der Waals surface area (Å²) >= 11 is 0. The molecule has 88 valence electrons. The van der Waals surface area contributed by atoms with Crippen LogP contribution in [0.3, 0.4) is 0 Å². The zero-order valence-electron chi connectivity index (χ0n) is 8.55. The average molecular weight is 237 g/mol. The minimum atomic E-state index is -3.46. The molecule has 1 heterocycles. The van der Waals surface area contributed by atoms with Crippen molar-refractivity contribution in [1.82, 2.24) is 4.31 Å². The number of hydrogen-bond acceptors (Lipinski definition) is 4.